The molecule has 0 unspecified atom stereocenters. The fourth-order valence-corrected chi connectivity index (χ4v) is 3.12. The van der Waals surface area contributed by atoms with Crippen molar-refractivity contribution in [3.8, 4) is 0 Å². The molecule has 9 heteroatoms. The van der Waals surface area contributed by atoms with Crippen molar-refractivity contribution in [3.63, 3.8) is 0 Å². The molecule has 134 valence electrons. The minimum absolute atomic E-state index is 0.0590. The minimum Gasteiger partial charge on any atom is -0.351 e. The number of halogens is 3. The van der Waals surface area contributed by atoms with Crippen LogP contribution in [-0.4, -0.2) is 27.4 Å². The predicted octanol–water partition coefficient (Wildman–Crippen LogP) is 2.41. The normalized spacial score (nSPS) is 12.0. The Kier molecular flexibility index (Phi) is 5.81. The molecule has 5 nitrogen and oxygen atoms in total. The smallest absolute Gasteiger partial charge is 0.351 e. The Morgan fingerprint density at radius 1 is 0.920 bits per heavy atom. The van der Waals surface area contributed by atoms with Crippen LogP contribution in [0, 0.1) is 0 Å². The standard InChI is InChI=1S/C16H15F3N2O3S/c17-16(18,19)14-9-5-4-8-13(14)15(22)20-10-11-21-25(23,24)12-6-2-1-3-7-12/h1-9,21H,10-11H2,(H,20,22). The summed E-state index contributed by atoms with van der Waals surface area (Å²) in [5.41, 5.74) is -1.56. The van der Waals surface area contributed by atoms with E-state index < -0.39 is 33.2 Å². The lowest BCUT2D eigenvalue weighted by Crippen LogP contribution is -2.35. The molecule has 25 heavy (non-hydrogen) atoms. The molecule has 0 bridgehead atoms. The second-order valence-corrected chi connectivity index (χ2v) is 6.78. The van der Waals surface area contributed by atoms with Gasteiger partial charge in [0.05, 0.1) is 16.0 Å². The predicted molar refractivity (Wildman–Crippen MR) is 85.4 cm³/mol. The van der Waals surface area contributed by atoms with E-state index in [1.807, 2.05) is 0 Å². The molecular weight excluding hydrogens is 357 g/mol. The summed E-state index contributed by atoms with van der Waals surface area (Å²) in [6.45, 7) is -0.311. The van der Waals surface area contributed by atoms with Gasteiger partial charge in [-0.05, 0) is 24.3 Å². The van der Waals surface area contributed by atoms with E-state index in [1.54, 1.807) is 18.2 Å². The van der Waals surface area contributed by atoms with Gasteiger partial charge in [-0.1, -0.05) is 30.3 Å². The monoisotopic (exact) mass is 372 g/mol. The number of carbonyl (C=O) groups is 1. The maximum Gasteiger partial charge on any atom is 0.417 e. The van der Waals surface area contributed by atoms with Crippen molar-refractivity contribution in [2.75, 3.05) is 13.1 Å². The first kappa shape index (κ1) is 18.9. The molecule has 0 fully saturated rings. The number of hydrogen-bond acceptors (Lipinski definition) is 3. The largest absolute Gasteiger partial charge is 0.417 e. The zero-order valence-electron chi connectivity index (χ0n) is 12.9. The summed E-state index contributed by atoms with van der Waals surface area (Å²) in [6, 6.07) is 12.0. The third kappa shape index (κ3) is 5.04. The van der Waals surface area contributed by atoms with Gasteiger partial charge in [0.25, 0.3) is 5.91 Å². The molecule has 0 radical (unpaired) electrons. The van der Waals surface area contributed by atoms with E-state index in [-0.39, 0.29) is 18.0 Å². The van der Waals surface area contributed by atoms with Gasteiger partial charge < -0.3 is 5.32 Å². The molecule has 0 spiro atoms. The summed E-state index contributed by atoms with van der Waals surface area (Å²) >= 11 is 0. The van der Waals surface area contributed by atoms with Crippen molar-refractivity contribution in [1.82, 2.24) is 10.0 Å². The molecule has 0 aliphatic rings. The fourth-order valence-electron chi connectivity index (χ4n) is 2.07. The van der Waals surface area contributed by atoms with Gasteiger partial charge in [0.2, 0.25) is 10.0 Å². The lowest BCUT2D eigenvalue weighted by molar-refractivity contribution is -0.137. The Labute approximate surface area is 142 Å². The third-order valence-corrected chi connectivity index (χ3v) is 4.71. The Morgan fingerprint density at radius 3 is 2.16 bits per heavy atom. The molecule has 0 aromatic heterocycles. The van der Waals surface area contributed by atoms with Crippen LogP contribution in [0.25, 0.3) is 0 Å². The SMILES string of the molecule is O=C(NCCNS(=O)(=O)c1ccccc1)c1ccccc1C(F)(F)F. The van der Waals surface area contributed by atoms with Crippen LogP contribution in [0.5, 0.6) is 0 Å². The highest BCUT2D eigenvalue weighted by molar-refractivity contribution is 7.89. The number of carbonyl (C=O) groups excluding carboxylic acids is 1. The molecule has 2 aromatic rings. The molecule has 2 N–H and O–H groups in total. The molecule has 0 saturated heterocycles. The summed E-state index contributed by atoms with van der Waals surface area (Å²) in [5.74, 6) is -0.924. The third-order valence-electron chi connectivity index (χ3n) is 3.23. The van der Waals surface area contributed by atoms with E-state index in [1.165, 1.54) is 24.3 Å². The minimum atomic E-state index is -4.65. The van der Waals surface area contributed by atoms with Crippen molar-refractivity contribution >= 4 is 15.9 Å². The first-order valence-corrected chi connectivity index (χ1v) is 8.69. The van der Waals surface area contributed by atoms with E-state index in [9.17, 15) is 26.4 Å². The highest BCUT2D eigenvalue weighted by Crippen LogP contribution is 2.31. The summed E-state index contributed by atoms with van der Waals surface area (Å²) in [6.07, 6.45) is -4.65. The lowest BCUT2D eigenvalue weighted by atomic mass is 10.1. The molecule has 0 aliphatic carbocycles. The van der Waals surface area contributed by atoms with E-state index >= 15 is 0 Å². The topological polar surface area (TPSA) is 75.3 Å². The van der Waals surface area contributed by atoms with Gasteiger partial charge in [0.15, 0.2) is 0 Å². The number of rotatable bonds is 6. The highest BCUT2D eigenvalue weighted by Gasteiger charge is 2.34. The van der Waals surface area contributed by atoms with E-state index in [0.717, 1.165) is 12.1 Å². The molecule has 2 aromatic carbocycles. The maximum absolute atomic E-state index is 12.9. The second-order valence-electron chi connectivity index (χ2n) is 5.01. The Hall–Kier alpha value is -2.39. The highest BCUT2D eigenvalue weighted by atomic mass is 32.2. The van der Waals surface area contributed by atoms with Gasteiger partial charge in [-0.15, -0.1) is 0 Å². The number of nitrogens with one attached hydrogen (secondary N) is 2. The second kappa shape index (κ2) is 7.66. The summed E-state index contributed by atoms with van der Waals surface area (Å²) < 4.78 is 64.8. The number of hydrogen-bond donors (Lipinski definition) is 2. The molecule has 0 aliphatic heterocycles. The van der Waals surface area contributed by atoms with Crippen LogP contribution in [0.3, 0.4) is 0 Å². The van der Waals surface area contributed by atoms with Crippen LogP contribution in [-0.2, 0) is 16.2 Å². The summed E-state index contributed by atoms with van der Waals surface area (Å²) in [7, 11) is -3.74. The Morgan fingerprint density at radius 2 is 1.52 bits per heavy atom. The van der Waals surface area contributed by atoms with Crippen LogP contribution in [0.4, 0.5) is 13.2 Å². The number of sulfonamides is 1. The first-order valence-electron chi connectivity index (χ1n) is 7.21. The van der Waals surface area contributed by atoms with Gasteiger partial charge in [-0.2, -0.15) is 13.2 Å². The lowest BCUT2D eigenvalue weighted by Gasteiger charge is -2.13. The van der Waals surface area contributed by atoms with Crippen LogP contribution < -0.4 is 10.0 Å². The van der Waals surface area contributed by atoms with E-state index in [0.29, 0.717) is 0 Å². The molecular formula is C16H15F3N2O3S. The van der Waals surface area contributed by atoms with Gasteiger partial charge in [0, 0.05) is 13.1 Å². The molecule has 0 heterocycles. The Bertz CT molecular complexity index is 837. The fraction of sp³-hybridized carbons (Fsp3) is 0.188. The van der Waals surface area contributed by atoms with E-state index in [4.69, 9.17) is 0 Å². The molecule has 1 amide bonds. The molecule has 0 atom stereocenters. The van der Waals surface area contributed by atoms with Gasteiger partial charge in [0.1, 0.15) is 0 Å². The quantitative estimate of drug-likeness (QED) is 0.765. The number of benzene rings is 2. The van der Waals surface area contributed by atoms with Crippen molar-refractivity contribution in [2.24, 2.45) is 0 Å². The zero-order chi connectivity index (χ0) is 18.5. The number of alkyl halides is 3. The van der Waals surface area contributed by atoms with Crippen molar-refractivity contribution in [3.05, 3.63) is 65.7 Å². The first-order chi connectivity index (χ1) is 11.7. The van der Waals surface area contributed by atoms with E-state index in [2.05, 4.69) is 10.0 Å². The van der Waals surface area contributed by atoms with Gasteiger partial charge in [-0.3, -0.25) is 4.79 Å². The van der Waals surface area contributed by atoms with Crippen molar-refractivity contribution in [2.45, 2.75) is 11.1 Å². The number of amides is 1. The van der Waals surface area contributed by atoms with Crippen LogP contribution in [0.2, 0.25) is 0 Å². The van der Waals surface area contributed by atoms with Crippen LogP contribution in [0.15, 0.2) is 59.5 Å². The Balaban J connectivity index is 1.94. The van der Waals surface area contributed by atoms with Crippen molar-refractivity contribution in [1.29, 1.82) is 0 Å². The van der Waals surface area contributed by atoms with Crippen LogP contribution >= 0.6 is 0 Å². The average molecular weight is 372 g/mol. The molecule has 2 rings (SSSR count). The summed E-state index contributed by atoms with van der Waals surface area (Å²) in [4.78, 5) is 12.0. The summed E-state index contributed by atoms with van der Waals surface area (Å²) in [5, 5.41) is 2.27. The van der Waals surface area contributed by atoms with Gasteiger partial charge in [-0.25, -0.2) is 13.1 Å². The molecule has 0 saturated carbocycles. The van der Waals surface area contributed by atoms with Crippen LogP contribution in [0.1, 0.15) is 15.9 Å². The maximum atomic E-state index is 12.9. The average Bonchev–Trinajstić information content (AvgIpc) is 2.58. The van der Waals surface area contributed by atoms with Gasteiger partial charge >= 0.3 is 6.18 Å². The van der Waals surface area contributed by atoms with Crippen molar-refractivity contribution < 1.29 is 26.4 Å². The zero-order valence-corrected chi connectivity index (χ0v) is 13.7.